The van der Waals surface area contributed by atoms with Crippen molar-refractivity contribution in [2.75, 3.05) is 17.2 Å². The fraction of sp³-hybridized carbons (Fsp3) is 0.188. The summed E-state index contributed by atoms with van der Waals surface area (Å²) in [7, 11) is 0. The van der Waals surface area contributed by atoms with Crippen molar-refractivity contribution in [3.05, 3.63) is 58.6 Å². The number of ether oxygens (including phenoxy) is 1. The van der Waals surface area contributed by atoms with Crippen LogP contribution >= 0.6 is 15.9 Å². The monoisotopic (exact) mass is 348 g/mol. The smallest absolute Gasteiger partial charge is 0.411 e. The van der Waals surface area contributed by atoms with Gasteiger partial charge in [-0.1, -0.05) is 28.1 Å². The first-order chi connectivity index (χ1) is 10.2. The molecule has 2 rings (SSSR count). The molecule has 5 heteroatoms. The Morgan fingerprint density at radius 1 is 1.14 bits per heavy atom. The van der Waals surface area contributed by atoms with Crippen molar-refractivity contribution < 1.29 is 9.53 Å². The number of halogens is 1. The summed E-state index contributed by atoms with van der Waals surface area (Å²) in [5, 5.41) is 5.99. The van der Waals surface area contributed by atoms with Crippen LogP contribution in [0.1, 0.15) is 12.5 Å². The van der Waals surface area contributed by atoms with Gasteiger partial charge >= 0.3 is 6.09 Å². The minimum absolute atomic E-state index is 0.359. The van der Waals surface area contributed by atoms with Gasteiger partial charge in [-0.25, -0.2) is 4.79 Å². The van der Waals surface area contributed by atoms with Crippen molar-refractivity contribution in [2.45, 2.75) is 13.5 Å². The highest BCUT2D eigenvalue weighted by Gasteiger charge is 2.01. The van der Waals surface area contributed by atoms with Gasteiger partial charge in [0.2, 0.25) is 0 Å². The predicted octanol–water partition coefficient (Wildman–Crippen LogP) is 4.63. The maximum Gasteiger partial charge on any atom is 0.411 e. The number of nitrogens with one attached hydrogen (secondary N) is 2. The largest absolute Gasteiger partial charge is 0.450 e. The average molecular weight is 349 g/mol. The Hall–Kier alpha value is -2.01. The highest BCUT2D eigenvalue weighted by Crippen LogP contribution is 2.16. The summed E-state index contributed by atoms with van der Waals surface area (Å²) in [5.74, 6) is 0. The maximum absolute atomic E-state index is 11.3. The highest BCUT2D eigenvalue weighted by molar-refractivity contribution is 9.10. The molecule has 0 aliphatic carbocycles. The number of carbonyl (C=O) groups excluding carboxylic acids is 1. The van der Waals surface area contributed by atoms with E-state index in [0.29, 0.717) is 12.3 Å². The minimum atomic E-state index is -0.438. The molecule has 2 aromatic rings. The van der Waals surface area contributed by atoms with Gasteiger partial charge in [-0.15, -0.1) is 0 Å². The van der Waals surface area contributed by atoms with Crippen LogP contribution in [0.2, 0.25) is 0 Å². The van der Waals surface area contributed by atoms with Crippen molar-refractivity contribution in [3.8, 4) is 0 Å². The summed E-state index contributed by atoms with van der Waals surface area (Å²) in [5.41, 5.74) is 2.89. The molecule has 0 atom stereocenters. The van der Waals surface area contributed by atoms with E-state index >= 15 is 0 Å². The van der Waals surface area contributed by atoms with Gasteiger partial charge in [0.25, 0.3) is 0 Å². The molecule has 2 aromatic carbocycles. The van der Waals surface area contributed by atoms with E-state index in [2.05, 4.69) is 38.7 Å². The standard InChI is InChI=1S/C16H17BrN2O2/c1-2-21-16(20)19-15-8-6-14(7-9-15)18-11-12-4-3-5-13(17)10-12/h3-10,18H,2,11H2,1H3,(H,19,20). The van der Waals surface area contributed by atoms with Crippen LogP contribution in [0.4, 0.5) is 16.2 Å². The minimum Gasteiger partial charge on any atom is -0.450 e. The van der Waals surface area contributed by atoms with Gasteiger partial charge in [-0.2, -0.15) is 0 Å². The van der Waals surface area contributed by atoms with Crippen LogP contribution in [-0.2, 0) is 11.3 Å². The summed E-state index contributed by atoms with van der Waals surface area (Å²) in [6.45, 7) is 2.87. The van der Waals surface area contributed by atoms with Crippen molar-refractivity contribution >= 4 is 33.4 Å². The van der Waals surface area contributed by atoms with Crippen LogP contribution < -0.4 is 10.6 Å². The molecule has 0 bridgehead atoms. The summed E-state index contributed by atoms with van der Waals surface area (Å²) in [6.07, 6.45) is -0.438. The van der Waals surface area contributed by atoms with Gasteiger partial charge in [-0.3, -0.25) is 5.32 Å². The van der Waals surface area contributed by atoms with Crippen molar-refractivity contribution in [1.82, 2.24) is 0 Å². The van der Waals surface area contributed by atoms with Gasteiger partial charge in [0.15, 0.2) is 0 Å². The lowest BCUT2D eigenvalue weighted by molar-refractivity contribution is 0.168. The molecule has 21 heavy (non-hydrogen) atoms. The molecule has 2 N–H and O–H groups in total. The zero-order valence-corrected chi connectivity index (χ0v) is 13.3. The number of benzene rings is 2. The van der Waals surface area contributed by atoms with Crippen LogP contribution in [0.5, 0.6) is 0 Å². The van der Waals surface area contributed by atoms with E-state index in [1.54, 1.807) is 6.92 Å². The molecule has 0 heterocycles. The normalized spacial score (nSPS) is 10.0. The number of amides is 1. The fourth-order valence-electron chi connectivity index (χ4n) is 1.81. The maximum atomic E-state index is 11.3. The van der Waals surface area contributed by atoms with Gasteiger partial charge in [0, 0.05) is 22.4 Å². The van der Waals surface area contributed by atoms with Crippen molar-refractivity contribution in [2.24, 2.45) is 0 Å². The second kappa shape index (κ2) is 7.69. The third-order valence-electron chi connectivity index (χ3n) is 2.79. The quantitative estimate of drug-likeness (QED) is 0.828. The van der Waals surface area contributed by atoms with E-state index in [1.807, 2.05) is 36.4 Å². The molecule has 0 aromatic heterocycles. The number of hydrogen-bond donors (Lipinski definition) is 2. The molecule has 110 valence electrons. The van der Waals surface area contributed by atoms with Gasteiger partial charge in [0.1, 0.15) is 0 Å². The SMILES string of the molecule is CCOC(=O)Nc1ccc(NCc2cccc(Br)c2)cc1. The Morgan fingerprint density at radius 2 is 1.86 bits per heavy atom. The molecule has 4 nitrogen and oxygen atoms in total. The summed E-state index contributed by atoms with van der Waals surface area (Å²) < 4.78 is 5.89. The summed E-state index contributed by atoms with van der Waals surface area (Å²) in [6, 6.07) is 15.6. The number of carbonyl (C=O) groups is 1. The van der Waals surface area contributed by atoms with E-state index < -0.39 is 6.09 Å². The lowest BCUT2D eigenvalue weighted by Crippen LogP contribution is -2.13. The number of anilines is 2. The second-order valence-corrected chi connectivity index (χ2v) is 5.32. The first-order valence-electron chi connectivity index (χ1n) is 6.69. The van der Waals surface area contributed by atoms with Crippen LogP contribution in [0.25, 0.3) is 0 Å². The molecular formula is C16H17BrN2O2. The Labute approximate surface area is 132 Å². The van der Waals surface area contributed by atoms with E-state index in [9.17, 15) is 4.79 Å². The second-order valence-electron chi connectivity index (χ2n) is 4.41. The Kier molecular flexibility index (Phi) is 5.63. The molecule has 0 unspecified atom stereocenters. The summed E-state index contributed by atoms with van der Waals surface area (Å²) >= 11 is 3.45. The summed E-state index contributed by atoms with van der Waals surface area (Å²) in [4.78, 5) is 11.3. The van der Waals surface area contributed by atoms with Crippen LogP contribution in [0.15, 0.2) is 53.0 Å². The van der Waals surface area contributed by atoms with Gasteiger partial charge in [-0.05, 0) is 48.9 Å². The van der Waals surface area contributed by atoms with Crippen LogP contribution in [0.3, 0.4) is 0 Å². The van der Waals surface area contributed by atoms with E-state index in [-0.39, 0.29) is 0 Å². The fourth-order valence-corrected chi connectivity index (χ4v) is 2.25. The molecular weight excluding hydrogens is 332 g/mol. The zero-order valence-electron chi connectivity index (χ0n) is 11.7. The predicted molar refractivity (Wildman–Crippen MR) is 88.6 cm³/mol. The number of rotatable bonds is 5. The van der Waals surface area contributed by atoms with Crippen LogP contribution in [0, 0.1) is 0 Å². The highest BCUT2D eigenvalue weighted by atomic mass is 79.9. The molecule has 0 aliphatic rings. The Morgan fingerprint density at radius 3 is 2.52 bits per heavy atom. The van der Waals surface area contributed by atoms with E-state index in [4.69, 9.17) is 4.74 Å². The molecule has 0 spiro atoms. The molecule has 0 aliphatic heterocycles. The lowest BCUT2D eigenvalue weighted by Gasteiger charge is -2.09. The molecule has 0 fully saturated rings. The molecule has 1 amide bonds. The zero-order chi connectivity index (χ0) is 15.1. The van der Waals surface area contributed by atoms with Crippen LogP contribution in [-0.4, -0.2) is 12.7 Å². The van der Waals surface area contributed by atoms with E-state index in [0.717, 1.165) is 16.7 Å². The first-order valence-corrected chi connectivity index (χ1v) is 7.49. The van der Waals surface area contributed by atoms with Crippen molar-refractivity contribution in [3.63, 3.8) is 0 Å². The van der Waals surface area contributed by atoms with Gasteiger partial charge in [0.05, 0.1) is 6.61 Å². The Bertz CT molecular complexity index is 599. The van der Waals surface area contributed by atoms with Gasteiger partial charge < -0.3 is 10.1 Å². The molecule has 0 radical (unpaired) electrons. The topological polar surface area (TPSA) is 50.4 Å². The van der Waals surface area contributed by atoms with E-state index in [1.165, 1.54) is 5.56 Å². The Balaban J connectivity index is 1.89. The van der Waals surface area contributed by atoms with Crippen molar-refractivity contribution in [1.29, 1.82) is 0 Å². The lowest BCUT2D eigenvalue weighted by atomic mass is 10.2. The third kappa shape index (κ3) is 5.11. The average Bonchev–Trinajstić information content (AvgIpc) is 2.47. The first kappa shape index (κ1) is 15.4. The third-order valence-corrected chi connectivity index (χ3v) is 3.29. The molecule has 0 saturated heterocycles. The number of hydrogen-bond acceptors (Lipinski definition) is 3. The molecule has 0 saturated carbocycles.